The molecule has 0 spiro atoms. The first kappa shape index (κ1) is 13.0. The van der Waals surface area contributed by atoms with Crippen LogP contribution in [0.2, 0.25) is 0 Å². The molecule has 2 rings (SSSR count). The van der Waals surface area contributed by atoms with E-state index in [1.807, 2.05) is 0 Å². The molecule has 18 heavy (non-hydrogen) atoms. The Kier molecular flexibility index (Phi) is 3.14. The summed E-state index contributed by atoms with van der Waals surface area (Å²) in [6.07, 6.45) is -2.65. The molecular formula is C12H15F3N2O. The number of rotatable bonds is 4. The van der Waals surface area contributed by atoms with Crippen LogP contribution in [0.25, 0.3) is 0 Å². The van der Waals surface area contributed by atoms with Crippen LogP contribution in [-0.2, 0) is 6.18 Å². The molecule has 0 atom stereocenters. The summed E-state index contributed by atoms with van der Waals surface area (Å²) in [7, 11) is 0. The second-order valence-corrected chi connectivity index (χ2v) is 4.81. The molecule has 4 N–H and O–H groups in total. The van der Waals surface area contributed by atoms with Crippen LogP contribution in [-0.4, -0.2) is 18.3 Å². The van der Waals surface area contributed by atoms with Crippen LogP contribution >= 0.6 is 0 Å². The highest BCUT2D eigenvalue weighted by molar-refractivity contribution is 5.58. The summed E-state index contributed by atoms with van der Waals surface area (Å²) in [5.74, 6) is 0. The Morgan fingerprint density at radius 2 is 2.00 bits per heavy atom. The van der Waals surface area contributed by atoms with E-state index in [9.17, 15) is 13.2 Å². The average molecular weight is 260 g/mol. The number of anilines is 2. The van der Waals surface area contributed by atoms with Crippen LogP contribution in [0.5, 0.6) is 0 Å². The van der Waals surface area contributed by atoms with Crippen molar-refractivity contribution in [3.63, 3.8) is 0 Å². The zero-order valence-corrected chi connectivity index (χ0v) is 9.72. The molecule has 3 nitrogen and oxygen atoms in total. The van der Waals surface area contributed by atoms with Crippen LogP contribution in [0.1, 0.15) is 18.4 Å². The quantitative estimate of drug-likeness (QED) is 0.729. The SMILES string of the molecule is Nc1ccc(NCC2(CO)CC2)cc1C(F)(F)F. The topological polar surface area (TPSA) is 58.3 Å². The first-order valence-electron chi connectivity index (χ1n) is 5.68. The molecule has 100 valence electrons. The fraction of sp³-hybridized carbons (Fsp3) is 0.500. The highest BCUT2D eigenvalue weighted by Crippen LogP contribution is 2.45. The van der Waals surface area contributed by atoms with Crippen LogP contribution in [0.3, 0.4) is 0 Å². The number of hydrogen-bond donors (Lipinski definition) is 3. The van der Waals surface area contributed by atoms with Gasteiger partial charge in [0.25, 0.3) is 0 Å². The number of aliphatic hydroxyl groups excluding tert-OH is 1. The number of nitrogens with two attached hydrogens (primary N) is 1. The van der Waals surface area contributed by atoms with Gasteiger partial charge in [-0.3, -0.25) is 0 Å². The van der Waals surface area contributed by atoms with Crippen molar-refractivity contribution in [1.82, 2.24) is 0 Å². The van der Waals surface area contributed by atoms with Crippen LogP contribution in [0.4, 0.5) is 24.5 Å². The lowest BCUT2D eigenvalue weighted by molar-refractivity contribution is -0.136. The lowest BCUT2D eigenvalue weighted by atomic mass is 10.1. The van der Waals surface area contributed by atoms with Gasteiger partial charge < -0.3 is 16.2 Å². The minimum absolute atomic E-state index is 0.0566. The lowest BCUT2D eigenvalue weighted by Crippen LogP contribution is -2.19. The normalized spacial score (nSPS) is 17.6. The fourth-order valence-electron chi connectivity index (χ4n) is 1.77. The van der Waals surface area contributed by atoms with Crippen LogP contribution in [0.15, 0.2) is 18.2 Å². The highest BCUT2D eigenvalue weighted by atomic mass is 19.4. The van der Waals surface area contributed by atoms with E-state index in [-0.39, 0.29) is 17.7 Å². The Labute approximate surface area is 103 Å². The standard InChI is InChI=1S/C12H15F3N2O/c13-12(14,15)9-5-8(1-2-10(9)16)17-6-11(7-18)3-4-11/h1-2,5,17-18H,3-4,6-7,16H2. The molecule has 0 aliphatic heterocycles. The number of halogens is 3. The van der Waals surface area contributed by atoms with E-state index in [0.717, 1.165) is 18.9 Å². The van der Waals surface area contributed by atoms with Crippen molar-refractivity contribution in [3.8, 4) is 0 Å². The fourth-order valence-corrected chi connectivity index (χ4v) is 1.77. The zero-order valence-electron chi connectivity index (χ0n) is 9.72. The number of nitrogens with one attached hydrogen (secondary N) is 1. The van der Waals surface area contributed by atoms with E-state index in [0.29, 0.717) is 12.2 Å². The van der Waals surface area contributed by atoms with E-state index >= 15 is 0 Å². The molecule has 1 aliphatic rings. The minimum Gasteiger partial charge on any atom is -0.398 e. The molecule has 0 aromatic heterocycles. The van der Waals surface area contributed by atoms with Crippen LogP contribution < -0.4 is 11.1 Å². The number of alkyl halides is 3. The average Bonchev–Trinajstić information content (AvgIpc) is 3.07. The Balaban J connectivity index is 2.10. The summed E-state index contributed by atoms with van der Waals surface area (Å²) >= 11 is 0. The molecule has 1 fully saturated rings. The Morgan fingerprint density at radius 1 is 1.33 bits per heavy atom. The van der Waals surface area contributed by atoms with Crippen molar-refractivity contribution in [2.75, 3.05) is 24.2 Å². The number of benzene rings is 1. The van der Waals surface area contributed by atoms with E-state index in [4.69, 9.17) is 10.8 Å². The molecule has 0 amide bonds. The largest absolute Gasteiger partial charge is 0.418 e. The van der Waals surface area contributed by atoms with Crippen molar-refractivity contribution in [1.29, 1.82) is 0 Å². The van der Waals surface area contributed by atoms with Crippen LogP contribution in [0, 0.1) is 5.41 Å². The van der Waals surface area contributed by atoms with E-state index < -0.39 is 11.7 Å². The zero-order chi connectivity index (χ0) is 13.4. The monoisotopic (exact) mass is 260 g/mol. The van der Waals surface area contributed by atoms with E-state index in [1.165, 1.54) is 12.1 Å². The van der Waals surface area contributed by atoms with Crippen molar-refractivity contribution in [2.45, 2.75) is 19.0 Å². The third-order valence-electron chi connectivity index (χ3n) is 3.32. The van der Waals surface area contributed by atoms with Gasteiger partial charge in [-0.15, -0.1) is 0 Å². The second kappa shape index (κ2) is 4.35. The van der Waals surface area contributed by atoms with Gasteiger partial charge in [-0.25, -0.2) is 0 Å². The van der Waals surface area contributed by atoms with Crippen molar-refractivity contribution < 1.29 is 18.3 Å². The summed E-state index contributed by atoms with van der Waals surface area (Å²) in [6.45, 7) is 0.534. The predicted octanol–water partition coefficient (Wildman–Crippen LogP) is 2.47. The van der Waals surface area contributed by atoms with Gasteiger partial charge in [-0.05, 0) is 31.0 Å². The maximum Gasteiger partial charge on any atom is 0.418 e. The van der Waals surface area contributed by atoms with Gasteiger partial charge in [-0.2, -0.15) is 13.2 Å². The third kappa shape index (κ3) is 2.69. The summed E-state index contributed by atoms with van der Waals surface area (Å²) in [4.78, 5) is 0. The van der Waals surface area contributed by atoms with Gasteiger partial charge in [0.2, 0.25) is 0 Å². The maximum absolute atomic E-state index is 12.6. The summed E-state index contributed by atoms with van der Waals surface area (Å²) in [5.41, 5.74) is 4.41. The molecule has 0 saturated heterocycles. The van der Waals surface area contributed by atoms with Gasteiger partial charge in [0.1, 0.15) is 0 Å². The van der Waals surface area contributed by atoms with Gasteiger partial charge in [0.15, 0.2) is 0 Å². The molecular weight excluding hydrogens is 245 g/mol. The molecule has 0 unspecified atom stereocenters. The van der Waals surface area contributed by atoms with Gasteiger partial charge in [-0.1, -0.05) is 0 Å². The number of hydrogen-bond acceptors (Lipinski definition) is 3. The molecule has 1 aromatic rings. The lowest BCUT2D eigenvalue weighted by Gasteiger charge is -2.16. The Hall–Kier alpha value is -1.43. The van der Waals surface area contributed by atoms with E-state index in [2.05, 4.69) is 5.32 Å². The van der Waals surface area contributed by atoms with Crippen molar-refractivity contribution >= 4 is 11.4 Å². The van der Waals surface area contributed by atoms with Gasteiger partial charge in [0, 0.05) is 23.3 Å². The maximum atomic E-state index is 12.6. The molecule has 6 heteroatoms. The highest BCUT2D eigenvalue weighted by Gasteiger charge is 2.41. The summed E-state index contributed by atoms with van der Waals surface area (Å²) < 4.78 is 37.9. The van der Waals surface area contributed by atoms with Crippen molar-refractivity contribution in [3.05, 3.63) is 23.8 Å². The predicted molar refractivity (Wildman–Crippen MR) is 63.1 cm³/mol. The molecule has 0 bridgehead atoms. The molecule has 1 aromatic carbocycles. The van der Waals surface area contributed by atoms with Gasteiger partial charge in [0.05, 0.1) is 12.2 Å². The van der Waals surface area contributed by atoms with Gasteiger partial charge >= 0.3 is 6.18 Å². The molecule has 1 saturated carbocycles. The Bertz CT molecular complexity index is 441. The molecule has 0 radical (unpaired) electrons. The number of aliphatic hydroxyl groups is 1. The minimum atomic E-state index is -4.45. The van der Waals surface area contributed by atoms with E-state index in [1.54, 1.807) is 0 Å². The molecule has 0 heterocycles. The summed E-state index contributed by atoms with van der Waals surface area (Å²) in [5, 5.41) is 12.0. The Morgan fingerprint density at radius 3 is 2.50 bits per heavy atom. The summed E-state index contributed by atoms with van der Waals surface area (Å²) in [6, 6.07) is 3.75. The molecule has 1 aliphatic carbocycles. The van der Waals surface area contributed by atoms with Crippen molar-refractivity contribution in [2.24, 2.45) is 5.41 Å². The first-order chi connectivity index (χ1) is 8.36. The number of nitrogen functional groups attached to an aromatic ring is 1. The first-order valence-corrected chi connectivity index (χ1v) is 5.68. The second-order valence-electron chi connectivity index (χ2n) is 4.81. The smallest absolute Gasteiger partial charge is 0.398 e. The third-order valence-corrected chi connectivity index (χ3v) is 3.32.